The van der Waals surface area contributed by atoms with E-state index in [1.807, 2.05) is 48.5 Å². The second-order valence-electron chi connectivity index (χ2n) is 5.84. The van der Waals surface area contributed by atoms with Gasteiger partial charge in [-0.2, -0.15) is 5.11 Å². The summed E-state index contributed by atoms with van der Waals surface area (Å²) in [5, 5.41) is 13.9. The zero-order valence-corrected chi connectivity index (χ0v) is 13.7. The number of nitrogens with one attached hydrogen (secondary N) is 1. The van der Waals surface area contributed by atoms with Crippen LogP contribution in [0.5, 0.6) is 0 Å². The van der Waals surface area contributed by atoms with Crippen LogP contribution in [-0.2, 0) is 0 Å². The Morgan fingerprint density at radius 1 is 1.00 bits per heavy atom. The largest absolute Gasteiger partial charge is 0.382 e. The number of pyridine rings is 1. The Bertz CT molecular complexity index is 959. The van der Waals surface area contributed by atoms with E-state index >= 15 is 0 Å². The summed E-state index contributed by atoms with van der Waals surface area (Å²) >= 11 is 0. The van der Waals surface area contributed by atoms with Gasteiger partial charge in [-0.3, -0.25) is 4.99 Å². The van der Waals surface area contributed by atoms with E-state index in [1.165, 1.54) is 0 Å². The summed E-state index contributed by atoms with van der Waals surface area (Å²) in [6.45, 7) is 1.84. The van der Waals surface area contributed by atoms with E-state index in [9.17, 15) is 0 Å². The van der Waals surface area contributed by atoms with E-state index in [0.717, 1.165) is 47.4 Å². The highest BCUT2D eigenvalue weighted by Crippen LogP contribution is 2.31. The number of azo groups is 1. The van der Waals surface area contributed by atoms with Crippen molar-refractivity contribution in [1.82, 2.24) is 10.3 Å². The molecule has 3 aromatic rings. The average Bonchev–Trinajstić information content (AvgIpc) is 2.68. The van der Waals surface area contributed by atoms with E-state index in [2.05, 4.69) is 25.5 Å². The van der Waals surface area contributed by atoms with Crippen molar-refractivity contribution in [2.75, 3.05) is 18.8 Å². The number of benzene rings is 2. The van der Waals surface area contributed by atoms with Crippen molar-refractivity contribution in [3.05, 3.63) is 60.3 Å². The van der Waals surface area contributed by atoms with Crippen molar-refractivity contribution in [1.29, 1.82) is 0 Å². The molecule has 6 heteroatoms. The van der Waals surface area contributed by atoms with Crippen LogP contribution in [0.2, 0.25) is 0 Å². The van der Waals surface area contributed by atoms with Gasteiger partial charge in [-0.1, -0.05) is 24.3 Å². The predicted molar refractivity (Wildman–Crippen MR) is 101 cm³/mol. The van der Waals surface area contributed by atoms with Gasteiger partial charge in [-0.15, -0.1) is 5.11 Å². The van der Waals surface area contributed by atoms with Crippen molar-refractivity contribution in [2.24, 2.45) is 15.2 Å². The molecule has 124 valence electrons. The number of hydrogen-bond acceptors (Lipinski definition) is 6. The molecule has 3 N–H and O–H groups in total. The smallest absolute Gasteiger partial charge is 0.151 e. The molecule has 25 heavy (non-hydrogen) atoms. The molecule has 1 aliphatic rings. The monoisotopic (exact) mass is 330 g/mol. The lowest BCUT2D eigenvalue weighted by Gasteiger charge is -2.14. The molecular formula is C19H18N6. The average molecular weight is 330 g/mol. The van der Waals surface area contributed by atoms with Gasteiger partial charge in [0, 0.05) is 35.6 Å². The molecule has 0 bridgehead atoms. The van der Waals surface area contributed by atoms with Gasteiger partial charge in [0.25, 0.3) is 0 Å². The number of anilines is 1. The second-order valence-corrected chi connectivity index (χ2v) is 5.84. The normalized spacial score (nSPS) is 14.5. The molecular weight excluding hydrogens is 312 g/mol. The summed E-state index contributed by atoms with van der Waals surface area (Å²) < 4.78 is 0. The molecule has 0 radical (unpaired) electrons. The van der Waals surface area contributed by atoms with E-state index < -0.39 is 0 Å². The Morgan fingerprint density at radius 2 is 1.84 bits per heavy atom. The number of aliphatic imine (C=N–C) groups is 1. The van der Waals surface area contributed by atoms with Crippen molar-refractivity contribution in [2.45, 2.75) is 6.42 Å². The first-order valence-electron chi connectivity index (χ1n) is 8.25. The van der Waals surface area contributed by atoms with Gasteiger partial charge in [0.05, 0.1) is 5.69 Å². The molecule has 1 aromatic heterocycles. The third kappa shape index (κ3) is 3.19. The summed E-state index contributed by atoms with van der Waals surface area (Å²) in [7, 11) is 0. The van der Waals surface area contributed by atoms with Crippen LogP contribution >= 0.6 is 0 Å². The molecule has 0 fully saturated rings. The minimum absolute atomic E-state index is 0.375. The SMILES string of the molecule is Nc1ncc2ccccc2c1/N=N/c1ccc(C2=NCCCN2)cc1. The maximum atomic E-state index is 5.98. The Hall–Kier alpha value is -3.28. The van der Waals surface area contributed by atoms with Crippen LogP contribution < -0.4 is 11.1 Å². The lowest BCUT2D eigenvalue weighted by Crippen LogP contribution is -2.29. The molecule has 2 aromatic carbocycles. The van der Waals surface area contributed by atoms with Gasteiger partial charge in [0.2, 0.25) is 0 Å². The number of aromatic nitrogens is 1. The highest BCUT2D eigenvalue weighted by molar-refractivity contribution is 5.99. The summed E-state index contributed by atoms with van der Waals surface area (Å²) in [5.74, 6) is 1.32. The second kappa shape index (κ2) is 6.68. The number of nitrogens with two attached hydrogens (primary N) is 1. The summed E-state index contributed by atoms with van der Waals surface area (Å²) in [6.07, 6.45) is 2.83. The summed E-state index contributed by atoms with van der Waals surface area (Å²) in [6, 6.07) is 15.7. The third-order valence-corrected chi connectivity index (χ3v) is 4.10. The van der Waals surface area contributed by atoms with E-state index in [4.69, 9.17) is 5.73 Å². The lowest BCUT2D eigenvalue weighted by atomic mass is 10.1. The van der Waals surface area contributed by atoms with Gasteiger partial charge >= 0.3 is 0 Å². The maximum Gasteiger partial charge on any atom is 0.151 e. The molecule has 0 saturated heterocycles. The number of nitrogen functional groups attached to an aromatic ring is 1. The van der Waals surface area contributed by atoms with Gasteiger partial charge in [0.1, 0.15) is 11.5 Å². The molecule has 2 heterocycles. The first-order chi connectivity index (χ1) is 12.3. The molecule has 0 unspecified atom stereocenters. The predicted octanol–water partition coefficient (Wildman–Crippen LogP) is 3.97. The van der Waals surface area contributed by atoms with Crippen LogP contribution in [0.4, 0.5) is 17.2 Å². The lowest BCUT2D eigenvalue weighted by molar-refractivity contribution is 0.742. The quantitative estimate of drug-likeness (QED) is 0.712. The topological polar surface area (TPSA) is 88.0 Å². The maximum absolute atomic E-state index is 5.98. The molecule has 0 amide bonds. The minimum Gasteiger partial charge on any atom is -0.382 e. The first kappa shape index (κ1) is 15.3. The van der Waals surface area contributed by atoms with Gasteiger partial charge in [-0.25, -0.2) is 4.98 Å². The molecule has 4 rings (SSSR count). The fourth-order valence-electron chi connectivity index (χ4n) is 2.79. The molecule has 0 aliphatic carbocycles. The molecule has 0 saturated carbocycles. The first-order valence-corrected chi connectivity index (χ1v) is 8.25. The van der Waals surface area contributed by atoms with Crippen LogP contribution in [0, 0.1) is 0 Å². The minimum atomic E-state index is 0.375. The zero-order chi connectivity index (χ0) is 17.1. The fraction of sp³-hybridized carbons (Fsp3) is 0.158. The van der Waals surface area contributed by atoms with Gasteiger partial charge < -0.3 is 11.1 Å². The van der Waals surface area contributed by atoms with Crippen molar-refractivity contribution >= 4 is 33.8 Å². The third-order valence-electron chi connectivity index (χ3n) is 4.10. The molecule has 0 atom stereocenters. The Morgan fingerprint density at radius 3 is 2.64 bits per heavy atom. The fourth-order valence-corrected chi connectivity index (χ4v) is 2.79. The molecule has 6 nitrogen and oxygen atoms in total. The van der Waals surface area contributed by atoms with E-state index in [-0.39, 0.29) is 0 Å². The van der Waals surface area contributed by atoms with Crippen molar-refractivity contribution in [3.63, 3.8) is 0 Å². The number of rotatable bonds is 3. The van der Waals surface area contributed by atoms with Crippen LogP contribution in [0.25, 0.3) is 10.8 Å². The Balaban J connectivity index is 1.62. The van der Waals surface area contributed by atoms with Crippen LogP contribution in [0.15, 0.2) is 69.9 Å². The van der Waals surface area contributed by atoms with Crippen LogP contribution in [-0.4, -0.2) is 23.9 Å². The summed E-state index contributed by atoms with van der Waals surface area (Å²) in [4.78, 5) is 8.69. The zero-order valence-electron chi connectivity index (χ0n) is 13.7. The number of fused-ring (bicyclic) bond motifs is 1. The number of amidine groups is 1. The molecule has 0 spiro atoms. The Labute approximate surface area is 145 Å². The number of nitrogens with zero attached hydrogens (tertiary/aromatic N) is 4. The van der Waals surface area contributed by atoms with Crippen LogP contribution in [0.3, 0.4) is 0 Å². The van der Waals surface area contributed by atoms with Gasteiger partial charge in [0.15, 0.2) is 5.82 Å². The van der Waals surface area contributed by atoms with E-state index in [0.29, 0.717) is 11.5 Å². The number of hydrogen-bond donors (Lipinski definition) is 2. The summed E-state index contributed by atoms with van der Waals surface area (Å²) in [5.41, 5.74) is 8.40. The van der Waals surface area contributed by atoms with E-state index in [1.54, 1.807) is 6.20 Å². The highest BCUT2D eigenvalue weighted by atomic mass is 15.1. The molecule has 1 aliphatic heterocycles. The van der Waals surface area contributed by atoms with Crippen molar-refractivity contribution in [3.8, 4) is 0 Å². The van der Waals surface area contributed by atoms with Crippen molar-refractivity contribution < 1.29 is 0 Å². The van der Waals surface area contributed by atoms with Gasteiger partial charge in [-0.05, 0) is 30.7 Å². The Kier molecular flexibility index (Phi) is 4.08. The highest BCUT2D eigenvalue weighted by Gasteiger charge is 2.07. The standard InChI is InChI=1S/C19H18N6/c20-18-17(16-5-2-1-4-14(16)12-23-18)25-24-15-8-6-13(7-9-15)19-21-10-3-11-22-19/h1-2,4-9,12H,3,10-11H2,(H2,20,23)(H,21,22)/b25-24+. The van der Waals surface area contributed by atoms with Crippen LogP contribution in [0.1, 0.15) is 12.0 Å².